The zero-order chi connectivity index (χ0) is 20.1. The van der Waals surface area contributed by atoms with Crippen molar-refractivity contribution in [2.75, 3.05) is 21.6 Å². The fourth-order valence-electron chi connectivity index (χ4n) is 2.52. The molecule has 1 amide bonds. The average molecular weight is 396 g/mol. The third-order valence-electron chi connectivity index (χ3n) is 3.91. The van der Waals surface area contributed by atoms with Gasteiger partial charge in [-0.1, -0.05) is 6.07 Å². The number of nitrogens with zero attached hydrogens (tertiary/aromatic N) is 1. The molecule has 0 fully saturated rings. The van der Waals surface area contributed by atoms with Crippen LogP contribution in [-0.2, 0) is 10.0 Å². The Morgan fingerprint density at radius 1 is 0.893 bits per heavy atom. The van der Waals surface area contributed by atoms with Crippen molar-refractivity contribution >= 4 is 38.7 Å². The number of aromatic nitrogens is 1. The second-order valence-electron chi connectivity index (χ2n) is 6.30. The average Bonchev–Trinajstić information content (AvgIpc) is 2.65. The summed E-state index contributed by atoms with van der Waals surface area (Å²) in [6, 6.07) is 15.8. The Bertz CT molecular complexity index is 1080. The normalized spacial score (nSPS) is 10.9. The Morgan fingerprint density at radius 3 is 2.14 bits per heavy atom. The quantitative estimate of drug-likeness (QED) is 0.589. The van der Waals surface area contributed by atoms with Crippen molar-refractivity contribution in [3.05, 3.63) is 78.1 Å². The summed E-state index contributed by atoms with van der Waals surface area (Å²) in [4.78, 5) is 16.5. The van der Waals surface area contributed by atoms with Crippen LogP contribution in [0.15, 0.2) is 67.0 Å². The summed E-state index contributed by atoms with van der Waals surface area (Å²) >= 11 is 0. The lowest BCUT2D eigenvalue weighted by molar-refractivity contribution is 0.102. The Kier molecular flexibility index (Phi) is 5.60. The van der Waals surface area contributed by atoms with Crippen molar-refractivity contribution in [1.29, 1.82) is 0 Å². The van der Waals surface area contributed by atoms with Gasteiger partial charge in [-0.15, -0.1) is 0 Å². The molecule has 1 heterocycles. The molecule has 7 nitrogen and oxygen atoms in total. The second kappa shape index (κ2) is 8.10. The van der Waals surface area contributed by atoms with Crippen molar-refractivity contribution in [3.8, 4) is 0 Å². The minimum Gasteiger partial charge on any atom is -0.355 e. The minimum absolute atomic E-state index is 0.287. The van der Waals surface area contributed by atoms with E-state index >= 15 is 0 Å². The maximum absolute atomic E-state index is 12.5. The molecule has 0 saturated carbocycles. The fraction of sp³-hybridized carbons (Fsp3) is 0.100. The molecule has 0 bridgehead atoms. The Hall–Kier alpha value is -3.39. The number of rotatable bonds is 6. The minimum atomic E-state index is -3.40. The van der Waals surface area contributed by atoms with Crippen molar-refractivity contribution in [3.63, 3.8) is 0 Å². The number of aryl methyl sites for hydroxylation is 1. The summed E-state index contributed by atoms with van der Waals surface area (Å²) in [5.74, 6) is -0.287. The number of benzene rings is 2. The smallest absolute Gasteiger partial charge is 0.255 e. The summed E-state index contributed by atoms with van der Waals surface area (Å²) in [7, 11) is -3.40. The first kappa shape index (κ1) is 19.4. The van der Waals surface area contributed by atoms with Crippen LogP contribution in [0.2, 0.25) is 0 Å². The van der Waals surface area contributed by atoms with Crippen molar-refractivity contribution in [1.82, 2.24) is 4.98 Å². The van der Waals surface area contributed by atoms with E-state index in [0.29, 0.717) is 16.9 Å². The van der Waals surface area contributed by atoms with Gasteiger partial charge in [-0.05, 0) is 61.0 Å². The fourth-order valence-corrected chi connectivity index (χ4v) is 3.14. The maximum Gasteiger partial charge on any atom is 0.255 e. The van der Waals surface area contributed by atoms with Gasteiger partial charge >= 0.3 is 0 Å². The van der Waals surface area contributed by atoms with Crippen molar-refractivity contribution in [2.24, 2.45) is 0 Å². The highest BCUT2D eigenvalue weighted by atomic mass is 32.2. The molecule has 0 aliphatic carbocycles. The highest BCUT2D eigenvalue weighted by molar-refractivity contribution is 7.92. The first-order valence-corrected chi connectivity index (χ1v) is 10.4. The van der Waals surface area contributed by atoms with E-state index in [1.807, 2.05) is 12.1 Å². The molecule has 0 aliphatic rings. The zero-order valence-corrected chi connectivity index (χ0v) is 16.2. The predicted octanol–water partition coefficient (Wildman–Crippen LogP) is 3.76. The van der Waals surface area contributed by atoms with E-state index in [0.717, 1.165) is 23.2 Å². The number of amides is 1. The van der Waals surface area contributed by atoms with Gasteiger partial charge in [0.15, 0.2) is 0 Å². The molecule has 0 radical (unpaired) electrons. The number of hydrogen-bond acceptors (Lipinski definition) is 5. The maximum atomic E-state index is 12.5. The summed E-state index contributed by atoms with van der Waals surface area (Å²) < 4.78 is 25.4. The zero-order valence-electron chi connectivity index (χ0n) is 15.4. The largest absolute Gasteiger partial charge is 0.355 e. The van der Waals surface area contributed by atoms with Crippen molar-refractivity contribution in [2.45, 2.75) is 6.92 Å². The van der Waals surface area contributed by atoms with E-state index in [1.165, 1.54) is 0 Å². The molecular weight excluding hydrogens is 376 g/mol. The molecule has 0 unspecified atom stereocenters. The Labute approximate surface area is 163 Å². The van der Waals surface area contributed by atoms with Gasteiger partial charge in [-0.3, -0.25) is 14.5 Å². The molecule has 0 spiro atoms. The lowest BCUT2D eigenvalue weighted by Gasteiger charge is -2.11. The highest BCUT2D eigenvalue weighted by Crippen LogP contribution is 2.22. The third-order valence-corrected chi connectivity index (χ3v) is 4.50. The van der Waals surface area contributed by atoms with E-state index < -0.39 is 10.0 Å². The van der Waals surface area contributed by atoms with Gasteiger partial charge in [0.1, 0.15) is 0 Å². The molecule has 0 saturated heterocycles. The van der Waals surface area contributed by atoms with E-state index in [-0.39, 0.29) is 5.91 Å². The summed E-state index contributed by atoms with van der Waals surface area (Å²) in [5, 5.41) is 6.00. The molecule has 144 valence electrons. The number of nitrogens with one attached hydrogen (secondary N) is 3. The van der Waals surface area contributed by atoms with Gasteiger partial charge < -0.3 is 10.6 Å². The van der Waals surface area contributed by atoms with E-state index in [1.54, 1.807) is 61.8 Å². The molecule has 8 heteroatoms. The molecule has 1 aromatic heterocycles. The standard InChI is InChI=1S/C20H20N4O3S/c1-14-3-6-18(13-19(14)24-28(2,26)27)23-20(25)15-4-7-16(8-5-15)22-17-9-11-21-12-10-17/h3-13,24H,1-2H3,(H,21,22)(H,23,25). The van der Waals surface area contributed by atoms with Crippen LogP contribution in [0.5, 0.6) is 0 Å². The van der Waals surface area contributed by atoms with Gasteiger partial charge in [0.2, 0.25) is 10.0 Å². The molecule has 3 aromatic rings. The number of anilines is 4. The lowest BCUT2D eigenvalue weighted by Crippen LogP contribution is -2.14. The number of pyridine rings is 1. The molecular formula is C20H20N4O3S. The van der Waals surface area contributed by atoms with Crippen molar-refractivity contribution < 1.29 is 13.2 Å². The van der Waals surface area contributed by atoms with Crippen LogP contribution in [0.25, 0.3) is 0 Å². The SMILES string of the molecule is Cc1ccc(NC(=O)c2ccc(Nc3ccncc3)cc2)cc1NS(C)(=O)=O. The summed E-state index contributed by atoms with van der Waals surface area (Å²) in [6.45, 7) is 1.79. The predicted molar refractivity (Wildman–Crippen MR) is 112 cm³/mol. The van der Waals surface area contributed by atoms with Crippen LogP contribution in [0, 0.1) is 6.92 Å². The number of sulfonamides is 1. The molecule has 0 atom stereocenters. The summed E-state index contributed by atoms with van der Waals surface area (Å²) in [5.41, 5.74) is 3.92. The van der Waals surface area contributed by atoms with Crippen LogP contribution in [0.3, 0.4) is 0 Å². The third kappa shape index (κ3) is 5.31. The first-order chi connectivity index (χ1) is 13.3. The van der Waals surface area contributed by atoms with Crippen LogP contribution >= 0.6 is 0 Å². The Morgan fingerprint density at radius 2 is 1.50 bits per heavy atom. The van der Waals surface area contributed by atoms with E-state index in [2.05, 4.69) is 20.3 Å². The van der Waals surface area contributed by atoms with Gasteiger partial charge in [-0.25, -0.2) is 8.42 Å². The first-order valence-electron chi connectivity index (χ1n) is 8.47. The Balaban J connectivity index is 1.70. The molecule has 2 aromatic carbocycles. The molecule has 28 heavy (non-hydrogen) atoms. The van der Waals surface area contributed by atoms with Crippen LogP contribution < -0.4 is 15.4 Å². The topological polar surface area (TPSA) is 100 Å². The van der Waals surface area contributed by atoms with Gasteiger partial charge in [0, 0.05) is 35.0 Å². The second-order valence-corrected chi connectivity index (χ2v) is 8.04. The van der Waals surface area contributed by atoms with Gasteiger partial charge in [0.25, 0.3) is 5.91 Å². The number of carbonyl (C=O) groups is 1. The lowest BCUT2D eigenvalue weighted by atomic mass is 10.1. The van der Waals surface area contributed by atoms with Gasteiger partial charge in [0.05, 0.1) is 11.9 Å². The van der Waals surface area contributed by atoms with Crippen LogP contribution in [-0.4, -0.2) is 25.6 Å². The molecule has 3 N–H and O–H groups in total. The van der Waals surface area contributed by atoms with E-state index in [4.69, 9.17) is 0 Å². The van der Waals surface area contributed by atoms with Gasteiger partial charge in [-0.2, -0.15) is 0 Å². The summed E-state index contributed by atoms with van der Waals surface area (Å²) in [6.07, 6.45) is 4.47. The number of carbonyl (C=O) groups excluding carboxylic acids is 1. The monoisotopic (exact) mass is 396 g/mol. The molecule has 0 aliphatic heterocycles. The number of hydrogen-bond donors (Lipinski definition) is 3. The van der Waals surface area contributed by atoms with Crippen LogP contribution in [0.4, 0.5) is 22.7 Å². The highest BCUT2D eigenvalue weighted by Gasteiger charge is 2.10. The molecule has 3 rings (SSSR count). The van der Waals surface area contributed by atoms with Crippen LogP contribution in [0.1, 0.15) is 15.9 Å². The van der Waals surface area contributed by atoms with E-state index in [9.17, 15) is 13.2 Å².